The van der Waals surface area contributed by atoms with E-state index >= 15 is 0 Å². The van der Waals surface area contributed by atoms with Crippen LogP contribution >= 0.6 is 11.8 Å². The molecule has 1 unspecified atom stereocenters. The van der Waals surface area contributed by atoms with Crippen LogP contribution in [0.25, 0.3) is 22.1 Å². The normalized spacial score (nSPS) is 12.2. The first-order valence-electron chi connectivity index (χ1n) is 9.94. The standard InChI is InChI=1S/C22H21N5O3S/c1-3-17(20(28)23-14-9-7-8-13(12-14)21(29)30)31-22-24-19-18(25-26-22)15-10-5-6-11-16(15)27(19)4-2/h5-12,17H,3-4H2,1-2H3,(H,23,28)(H,29,30). The van der Waals surface area contributed by atoms with Gasteiger partial charge in [-0.2, -0.15) is 0 Å². The van der Waals surface area contributed by atoms with Crippen molar-refractivity contribution in [1.82, 2.24) is 19.7 Å². The van der Waals surface area contributed by atoms with E-state index in [9.17, 15) is 9.59 Å². The van der Waals surface area contributed by atoms with Gasteiger partial charge in [-0.05, 0) is 37.6 Å². The molecule has 0 aliphatic heterocycles. The van der Waals surface area contributed by atoms with Crippen LogP contribution in [-0.4, -0.2) is 42.0 Å². The van der Waals surface area contributed by atoms with Gasteiger partial charge < -0.3 is 15.0 Å². The predicted octanol–water partition coefficient (Wildman–Crippen LogP) is 4.21. The number of aromatic carboxylic acids is 1. The Morgan fingerprint density at radius 1 is 1.13 bits per heavy atom. The third-order valence-corrected chi connectivity index (χ3v) is 6.17. The molecule has 2 N–H and O–H groups in total. The fraction of sp³-hybridized carbons (Fsp3) is 0.227. The van der Waals surface area contributed by atoms with Crippen molar-refractivity contribution in [1.29, 1.82) is 0 Å². The number of nitrogens with one attached hydrogen (secondary N) is 1. The number of fused-ring (bicyclic) bond motifs is 3. The molecule has 1 amide bonds. The number of benzene rings is 2. The molecule has 0 aliphatic carbocycles. The fourth-order valence-corrected chi connectivity index (χ4v) is 4.28. The van der Waals surface area contributed by atoms with Gasteiger partial charge >= 0.3 is 5.97 Å². The van der Waals surface area contributed by atoms with Gasteiger partial charge in [-0.1, -0.05) is 43.0 Å². The summed E-state index contributed by atoms with van der Waals surface area (Å²) in [5.74, 6) is -1.29. The second-order valence-electron chi connectivity index (χ2n) is 6.92. The quantitative estimate of drug-likeness (QED) is 0.419. The van der Waals surface area contributed by atoms with Gasteiger partial charge in [0.25, 0.3) is 0 Å². The third kappa shape index (κ3) is 4.09. The summed E-state index contributed by atoms with van der Waals surface area (Å²) in [6.45, 7) is 4.69. The van der Waals surface area contributed by atoms with Crippen LogP contribution in [0, 0.1) is 0 Å². The zero-order valence-corrected chi connectivity index (χ0v) is 17.9. The van der Waals surface area contributed by atoms with Crippen LogP contribution in [0.3, 0.4) is 0 Å². The molecule has 158 valence electrons. The summed E-state index contributed by atoms with van der Waals surface area (Å²) >= 11 is 1.24. The summed E-state index contributed by atoms with van der Waals surface area (Å²) in [6.07, 6.45) is 0.549. The number of carboxylic acids is 1. The van der Waals surface area contributed by atoms with Crippen LogP contribution in [0.15, 0.2) is 53.7 Å². The number of carbonyl (C=O) groups is 2. The van der Waals surface area contributed by atoms with Crippen LogP contribution in [0.4, 0.5) is 5.69 Å². The fourth-order valence-electron chi connectivity index (χ4n) is 3.46. The van der Waals surface area contributed by atoms with Crippen molar-refractivity contribution in [2.45, 2.75) is 37.2 Å². The van der Waals surface area contributed by atoms with Gasteiger partial charge in [0.15, 0.2) is 5.65 Å². The molecule has 2 aromatic carbocycles. The second-order valence-corrected chi connectivity index (χ2v) is 8.09. The number of hydrogen-bond donors (Lipinski definition) is 2. The Labute approximate surface area is 182 Å². The highest BCUT2D eigenvalue weighted by Gasteiger charge is 2.22. The van der Waals surface area contributed by atoms with Crippen LogP contribution in [0.5, 0.6) is 0 Å². The lowest BCUT2D eigenvalue weighted by atomic mass is 10.2. The molecule has 4 rings (SSSR count). The number of anilines is 1. The van der Waals surface area contributed by atoms with E-state index in [-0.39, 0.29) is 11.5 Å². The maximum Gasteiger partial charge on any atom is 0.335 e. The summed E-state index contributed by atoms with van der Waals surface area (Å²) in [6, 6.07) is 14.1. The van der Waals surface area contributed by atoms with Crippen molar-refractivity contribution in [2.24, 2.45) is 0 Å². The molecule has 0 radical (unpaired) electrons. The zero-order valence-electron chi connectivity index (χ0n) is 17.1. The molecule has 1 atom stereocenters. The summed E-state index contributed by atoms with van der Waals surface area (Å²) in [4.78, 5) is 28.6. The van der Waals surface area contributed by atoms with E-state index in [1.807, 2.05) is 38.1 Å². The molecule has 0 saturated heterocycles. The molecule has 9 heteroatoms. The maximum absolute atomic E-state index is 12.8. The number of rotatable bonds is 7. The van der Waals surface area contributed by atoms with Gasteiger partial charge in [-0.15, -0.1) is 10.2 Å². The highest BCUT2D eigenvalue weighted by atomic mass is 32.2. The van der Waals surface area contributed by atoms with Crippen LogP contribution in [0.2, 0.25) is 0 Å². The van der Waals surface area contributed by atoms with Crippen LogP contribution in [0.1, 0.15) is 30.6 Å². The molecular formula is C22H21N5O3S. The first-order valence-corrected chi connectivity index (χ1v) is 10.8. The highest BCUT2D eigenvalue weighted by molar-refractivity contribution is 8.00. The first-order chi connectivity index (χ1) is 15.0. The largest absolute Gasteiger partial charge is 0.478 e. The lowest BCUT2D eigenvalue weighted by molar-refractivity contribution is -0.115. The van der Waals surface area contributed by atoms with Gasteiger partial charge in [0.05, 0.1) is 16.3 Å². The maximum atomic E-state index is 12.8. The van der Waals surface area contributed by atoms with Crippen molar-refractivity contribution < 1.29 is 14.7 Å². The number of nitrogens with zero attached hydrogens (tertiary/aromatic N) is 4. The van der Waals surface area contributed by atoms with E-state index in [2.05, 4.69) is 20.1 Å². The molecule has 31 heavy (non-hydrogen) atoms. The van der Waals surface area contributed by atoms with E-state index in [4.69, 9.17) is 10.1 Å². The van der Waals surface area contributed by atoms with Crippen LogP contribution in [-0.2, 0) is 11.3 Å². The van der Waals surface area contributed by atoms with E-state index in [0.717, 1.165) is 28.6 Å². The molecule has 0 bridgehead atoms. The number of thioether (sulfide) groups is 1. The van der Waals surface area contributed by atoms with Gasteiger partial charge in [0.2, 0.25) is 11.1 Å². The van der Waals surface area contributed by atoms with Gasteiger partial charge in [0.1, 0.15) is 5.52 Å². The number of carboxylic acid groups (broad SMARTS) is 1. The smallest absolute Gasteiger partial charge is 0.335 e. The Hall–Kier alpha value is -3.46. The Morgan fingerprint density at radius 3 is 2.68 bits per heavy atom. The van der Waals surface area contributed by atoms with Crippen molar-refractivity contribution in [3.8, 4) is 0 Å². The minimum atomic E-state index is -1.04. The van der Waals surface area contributed by atoms with Gasteiger partial charge in [0, 0.05) is 17.6 Å². The lowest BCUT2D eigenvalue weighted by Gasteiger charge is -2.14. The topological polar surface area (TPSA) is 110 Å². The predicted molar refractivity (Wildman–Crippen MR) is 120 cm³/mol. The average Bonchev–Trinajstić information content (AvgIpc) is 3.10. The van der Waals surface area contributed by atoms with E-state index in [0.29, 0.717) is 17.3 Å². The molecule has 2 heterocycles. The van der Waals surface area contributed by atoms with Gasteiger partial charge in [-0.25, -0.2) is 9.78 Å². The van der Waals surface area contributed by atoms with Crippen molar-refractivity contribution in [3.63, 3.8) is 0 Å². The van der Waals surface area contributed by atoms with Crippen molar-refractivity contribution >= 4 is 51.4 Å². The van der Waals surface area contributed by atoms with Gasteiger partial charge in [-0.3, -0.25) is 4.79 Å². The summed E-state index contributed by atoms with van der Waals surface area (Å²) in [5.41, 5.74) is 3.08. The zero-order chi connectivity index (χ0) is 22.0. The average molecular weight is 436 g/mol. The monoisotopic (exact) mass is 435 g/mol. The van der Waals surface area contributed by atoms with E-state index in [1.54, 1.807) is 12.1 Å². The Balaban J connectivity index is 1.59. The number of hydrogen-bond acceptors (Lipinski definition) is 6. The van der Waals surface area contributed by atoms with E-state index < -0.39 is 11.2 Å². The number of carbonyl (C=O) groups excluding carboxylic acids is 1. The summed E-state index contributed by atoms with van der Waals surface area (Å²) < 4.78 is 2.09. The number of aromatic nitrogens is 4. The molecule has 2 aromatic heterocycles. The lowest BCUT2D eigenvalue weighted by Crippen LogP contribution is -2.25. The van der Waals surface area contributed by atoms with E-state index in [1.165, 1.54) is 23.9 Å². The Kier molecular flexibility index (Phi) is 5.85. The molecule has 0 fully saturated rings. The Morgan fingerprint density at radius 2 is 1.94 bits per heavy atom. The molecule has 4 aromatic rings. The molecule has 0 spiro atoms. The highest BCUT2D eigenvalue weighted by Crippen LogP contribution is 2.29. The molecular weight excluding hydrogens is 414 g/mol. The summed E-state index contributed by atoms with van der Waals surface area (Å²) in [5, 5.41) is 21.5. The number of para-hydroxylation sites is 1. The minimum Gasteiger partial charge on any atom is -0.478 e. The summed E-state index contributed by atoms with van der Waals surface area (Å²) in [7, 11) is 0. The SMILES string of the molecule is CCC(Sc1nnc2c3ccccc3n(CC)c2n1)C(=O)Nc1cccc(C(=O)O)c1. The van der Waals surface area contributed by atoms with Crippen molar-refractivity contribution in [2.75, 3.05) is 5.32 Å². The van der Waals surface area contributed by atoms with Crippen LogP contribution < -0.4 is 5.32 Å². The number of amides is 1. The molecule has 8 nitrogen and oxygen atoms in total. The minimum absolute atomic E-state index is 0.115. The molecule has 0 aliphatic rings. The molecule has 0 saturated carbocycles. The number of aryl methyl sites for hydroxylation is 1. The third-order valence-electron chi connectivity index (χ3n) is 4.96. The Bertz CT molecular complexity index is 1290. The second kappa shape index (κ2) is 8.73. The van der Waals surface area contributed by atoms with Crippen molar-refractivity contribution in [3.05, 3.63) is 54.1 Å². The first kappa shape index (κ1) is 20.8.